The predicted molar refractivity (Wildman–Crippen MR) is 81.2 cm³/mol. The van der Waals surface area contributed by atoms with Crippen molar-refractivity contribution in [2.75, 3.05) is 18.0 Å². The van der Waals surface area contributed by atoms with Gasteiger partial charge in [0.15, 0.2) is 5.13 Å². The van der Waals surface area contributed by atoms with Crippen LogP contribution in [0.25, 0.3) is 0 Å². The van der Waals surface area contributed by atoms with Gasteiger partial charge in [-0.1, -0.05) is 13.8 Å². The van der Waals surface area contributed by atoms with Gasteiger partial charge in [-0.15, -0.1) is 11.3 Å². The maximum Gasteiger partial charge on any atom is 0.185 e. The zero-order valence-corrected chi connectivity index (χ0v) is 13.1. The lowest BCUT2D eigenvalue weighted by molar-refractivity contribution is -0.183. The van der Waals surface area contributed by atoms with Gasteiger partial charge < -0.3 is 14.7 Å². The maximum absolute atomic E-state index is 10.2. The van der Waals surface area contributed by atoms with Crippen LogP contribution >= 0.6 is 11.3 Å². The molecule has 0 radical (unpaired) electrons. The van der Waals surface area contributed by atoms with Gasteiger partial charge in [0.1, 0.15) is 0 Å². The van der Waals surface area contributed by atoms with Crippen molar-refractivity contribution < 1.29 is 9.84 Å². The molecule has 5 heteroatoms. The van der Waals surface area contributed by atoms with E-state index in [0.717, 1.165) is 43.9 Å². The summed E-state index contributed by atoms with van der Waals surface area (Å²) >= 11 is 1.70. The molecule has 2 saturated heterocycles. The molecule has 112 valence electrons. The first-order valence-corrected chi connectivity index (χ1v) is 8.46. The smallest absolute Gasteiger partial charge is 0.185 e. The molecule has 0 unspecified atom stereocenters. The largest absolute Gasteiger partial charge is 0.393 e. The summed E-state index contributed by atoms with van der Waals surface area (Å²) < 4.78 is 6.41. The van der Waals surface area contributed by atoms with Crippen LogP contribution in [-0.2, 0) is 4.74 Å². The van der Waals surface area contributed by atoms with Crippen molar-refractivity contribution in [1.82, 2.24) is 4.98 Å². The van der Waals surface area contributed by atoms with Crippen LogP contribution in [0.15, 0.2) is 11.6 Å². The summed E-state index contributed by atoms with van der Waals surface area (Å²) in [5, 5.41) is 13.3. The SMILES string of the molecule is CC(C)[C@H]1C[C@@H](O)CC2(CCN(c3nccs3)CC2)O1. The van der Waals surface area contributed by atoms with E-state index < -0.39 is 0 Å². The lowest BCUT2D eigenvalue weighted by Crippen LogP contribution is -2.53. The fraction of sp³-hybridized carbons (Fsp3) is 0.800. The molecule has 1 aromatic rings. The molecule has 1 spiro atoms. The molecule has 20 heavy (non-hydrogen) atoms. The second-order valence-corrected chi connectivity index (χ2v) is 7.35. The van der Waals surface area contributed by atoms with E-state index in [0.29, 0.717) is 5.92 Å². The average Bonchev–Trinajstić information content (AvgIpc) is 2.92. The lowest BCUT2D eigenvalue weighted by Gasteiger charge is -2.48. The summed E-state index contributed by atoms with van der Waals surface area (Å²) in [5.41, 5.74) is -0.111. The van der Waals surface area contributed by atoms with Gasteiger partial charge in [0.2, 0.25) is 0 Å². The summed E-state index contributed by atoms with van der Waals surface area (Å²) in [6, 6.07) is 0. The van der Waals surface area contributed by atoms with Gasteiger partial charge in [0, 0.05) is 31.1 Å². The van der Waals surface area contributed by atoms with Crippen molar-refractivity contribution in [3.05, 3.63) is 11.6 Å². The Balaban J connectivity index is 1.66. The Labute approximate surface area is 124 Å². The normalized spacial score (nSPS) is 30.1. The van der Waals surface area contributed by atoms with E-state index >= 15 is 0 Å². The number of aliphatic hydroxyl groups is 1. The number of anilines is 1. The van der Waals surface area contributed by atoms with Gasteiger partial charge in [-0.3, -0.25) is 0 Å². The first kappa shape index (κ1) is 14.3. The first-order chi connectivity index (χ1) is 9.58. The molecule has 0 bridgehead atoms. The van der Waals surface area contributed by atoms with E-state index in [2.05, 4.69) is 23.7 Å². The minimum absolute atomic E-state index is 0.111. The molecule has 2 atom stereocenters. The summed E-state index contributed by atoms with van der Waals surface area (Å²) in [7, 11) is 0. The quantitative estimate of drug-likeness (QED) is 0.911. The molecule has 3 heterocycles. The number of nitrogens with zero attached hydrogens (tertiary/aromatic N) is 2. The Morgan fingerprint density at radius 1 is 1.45 bits per heavy atom. The number of hydrogen-bond donors (Lipinski definition) is 1. The molecule has 2 aliphatic heterocycles. The van der Waals surface area contributed by atoms with Crippen LogP contribution < -0.4 is 4.90 Å². The van der Waals surface area contributed by atoms with Crippen LogP contribution in [0.4, 0.5) is 5.13 Å². The highest BCUT2D eigenvalue weighted by atomic mass is 32.1. The van der Waals surface area contributed by atoms with Gasteiger partial charge in [0.25, 0.3) is 0 Å². The van der Waals surface area contributed by atoms with Crippen LogP contribution in [0, 0.1) is 5.92 Å². The van der Waals surface area contributed by atoms with Crippen LogP contribution in [0.1, 0.15) is 39.5 Å². The Morgan fingerprint density at radius 3 is 2.80 bits per heavy atom. The van der Waals surface area contributed by atoms with E-state index in [9.17, 15) is 5.11 Å². The number of piperidine rings is 1. The fourth-order valence-corrected chi connectivity index (χ4v) is 4.10. The number of thiazole rings is 1. The topological polar surface area (TPSA) is 45.6 Å². The van der Waals surface area contributed by atoms with Crippen molar-refractivity contribution in [2.45, 2.75) is 57.3 Å². The van der Waals surface area contributed by atoms with Gasteiger partial charge >= 0.3 is 0 Å². The second-order valence-electron chi connectivity index (χ2n) is 6.48. The number of rotatable bonds is 2. The van der Waals surface area contributed by atoms with Gasteiger partial charge in [-0.2, -0.15) is 0 Å². The van der Waals surface area contributed by atoms with Crippen molar-refractivity contribution in [2.24, 2.45) is 5.92 Å². The highest BCUT2D eigenvalue weighted by Crippen LogP contribution is 2.40. The van der Waals surface area contributed by atoms with E-state index in [1.165, 1.54) is 0 Å². The molecule has 0 aromatic carbocycles. The molecule has 2 aliphatic rings. The Bertz CT molecular complexity index is 427. The van der Waals surface area contributed by atoms with Crippen molar-refractivity contribution in [3.8, 4) is 0 Å². The number of aromatic nitrogens is 1. The third kappa shape index (κ3) is 2.85. The summed E-state index contributed by atoms with van der Waals surface area (Å²) in [6.07, 6.45) is 5.42. The molecule has 2 fully saturated rings. The molecular formula is C15H24N2O2S. The van der Waals surface area contributed by atoms with Crippen LogP contribution in [-0.4, -0.2) is 41.0 Å². The van der Waals surface area contributed by atoms with Crippen LogP contribution in [0.5, 0.6) is 0 Å². The van der Waals surface area contributed by atoms with Crippen molar-refractivity contribution in [1.29, 1.82) is 0 Å². The van der Waals surface area contributed by atoms with Crippen molar-refractivity contribution in [3.63, 3.8) is 0 Å². The van der Waals surface area contributed by atoms with E-state index in [-0.39, 0.29) is 17.8 Å². The number of hydrogen-bond acceptors (Lipinski definition) is 5. The van der Waals surface area contributed by atoms with Gasteiger partial charge in [-0.05, 0) is 25.2 Å². The monoisotopic (exact) mass is 296 g/mol. The highest BCUT2D eigenvalue weighted by Gasteiger charge is 2.44. The van der Waals surface area contributed by atoms with Crippen LogP contribution in [0.3, 0.4) is 0 Å². The summed E-state index contributed by atoms with van der Waals surface area (Å²) in [5.74, 6) is 0.471. The second kappa shape index (κ2) is 5.62. The maximum atomic E-state index is 10.2. The van der Waals surface area contributed by atoms with Gasteiger partial charge in [-0.25, -0.2) is 4.98 Å². The minimum Gasteiger partial charge on any atom is -0.393 e. The van der Waals surface area contributed by atoms with E-state index in [1.54, 1.807) is 11.3 Å². The number of ether oxygens (including phenoxy) is 1. The summed E-state index contributed by atoms with van der Waals surface area (Å²) in [4.78, 5) is 6.72. The molecule has 1 N–H and O–H groups in total. The highest BCUT2D eigenvalue weighted by molar-refractivity contribution is 7.13. The third-order valence-corrected chi connectivity index (χ3v) is 5.45. The molecule has 1 aromatic heterocycles. The first-order valence-electron chi connectivity index (χ1n) is 7.58. The molecule has 3 rings (SSSR count). The third-order valence-electron chi connectivity index (χ3n) is 4.62. The summed E-state index contributed by atoms with van der Waals surface area (Å²) in [6.45, 7) is 6.32. The molecule has 0 saturated carbocycles. The van der Waals surface area contributed by atoms with Gasteiger partial charge in [0.05, 0.1) is 17.8 Å². The standard InChI is InChI=1S/C15H24N2O2S/c1-11(2)13-9-12(18)10-15(19-13)3-6-17(7-4-15)14-16-5-8-20-14/h5,8,11-13,18H,3-4,6-7,9-10H2,1-2H3/t12-,13-/m1/s1. The molecule has 0 aliphatic carbocycles. The number of aliphatic hydroxyl groups excluding tert-OH is 1. The zero-order valence-electron chi connectivity index (χ0n) is 12.3. The van der Waals surface area contributed by atoms with Crippen LogP contribution in [0.2, 0.25) is 0 Å². The minimum atomic E-state index is -0.206. The Hall–Kier alpha value is -0.650. The zero-order chi connectivity index (χ0) is 14.2. The Morgan fingerprint density at radius 2 is 2.20 bits per heavy atom. The molecule has 4 nitrogen and oxygen atoms in total. The van der Waals surface area contributed by atoms with E-state index in [4.69, 9.17) is 4.74 Å². The Kier molecular flexibility index (Phi) is 4.02. The average molecular weight is 296 g/mol. The molecular weight excluding hydrogens is 272 g/mol. The fourth-order valence-electron chi connectivity index (χ4n) is 3.41. The predicted octanol–water partition coefficient (Wildman–Crippen LogP) is 2.68. The molecule has 0 amide bonds. The van der Waals surface area contributed by atoms with Crippen molar-refractivity contribution >= 4 is 16.5 Å². The lowest BCUT2D eigenvalue weighted by atomic mass is 9.80. The van der Waals surface area contributed by atoms with E-state index in [1.807, 2.05) is 11.6 Å².